The van der Waals surface area contributed by atoms with Gasteiger partial charge >= 0.3 is 0 Å². The summed E-state index contributed by atoms with van der Waals surface area (Å²) < 4.78 is 5.11. The highest BCUT2D eigenvalue weighted by Crippen LogP contribution is 2.25. The standard InChI is InChI=1S/C11H20N2OS/c1-8(7-14-5)13-11(3,4)10-12-6-9(2)15-10/h6,8,13H,7H2,1-5H3. The maximum Gasteiger partial charge on any atom is 0.112 e. The van der Waals surface area contributed by atoms with Crippen molar-refractivity contribution in [2.75, 3.05) is 13.7 Å². The van der Waals surface area contributed by atoms with Gasteiger partial charge in [0.05, 0.1) is 12.1 Å². The van der Waals surface area contributed by atoms with Crippen molar-refractivity contribution in [1.82, 2.24) is 10.3 Å². The van der Waals surface area contributed by atoms with Crippen LogP contribution in [-0.4, -0.2) is 24.7 Å². The lowest BCUT2D eigenvalue weighted by Gasteiger charge is -2.28. The Bertz CT molecular complexity index is 309. The fourth-order valence-electron chi connectivity index (χ4n) is 1.61. The number of hydrogen-bond donors (Lipinski definition) is 1. The van der Waals surface area contributed by atoms with E-state index in [0.29, 0.717) is 12.6 Å². The highest BCUT2D eigenvalue weighted by Gasteiger charge is 2.25. The van der Waals surface area contributed by atoms with Crippen LogP contribution >= 0.6 is 11.3 Å². The fraction of sp³-hybridized carbons (Fsp3) is 0.727. The third-order valence-electron chi connectivity index (χ3n) is 2.18. The van der Waals surface area contributed by atoms with Gasteiger partial charge in [0.25, 0.3) is 0 Å². The van der Waals surface area contributed by atoms with Gasteiger partial charge in [-0.1, -0.05) is 0 Å². The quantitative estimate of drug-likeness (QED) is 0.839. The molecule has 0 saturated heterocycles. The van der Waals surface area contributed by atoms with Crippen LogP contribution in [-0.2, 0) is 10.3 Å². The number of methoxy groups -OCH3 is 1. The van der Waals surface area contributed by atoms with Crippen molar-refractivity contribution in [3.8, 4) is 0 Å². The van der Waals surface area contributed by atoms with Gasteiger partial charge in [0.1, 0.15) is 5.01 Å². The van der Waals surface area contributed by atoms with Crippen molar-refractivity contribution in [3.63, 3.8) is 0 Å². The summed E-state index contributed by atoms with van der Waals surface area (Å²) in [6.07, 6.45) is 1.92. The molecule has 0 aliphatic carbocycles. The van der Waals surface area contributed by atoms with E-state index in [1.54, 1.807) is 18.4 Å². The Kier molecular flexibility index (Phi) is 4.25. The third-order valence-corrected chi connectivity index (χ3v) is 3.42. The van der Waals surface area contributed by atoms with E-state index in [0.717, 1.165) is 5.01 Å². The average molecular weight is 228 g/mol. The smallest absolute Gasteiger partial charge is 0.112 e. The van der Waals surface area contributed by atoms with Crippen molar-refractivity contribution < 1.29 is 4.74 Å². The first kappa shape index (κ1) is 12.6. The molecule has 0 amide bonds. The molecule has 3 nitrogen and oxygen atoms in total. The predicted octanol–water partition coefficient (Wildman–Crippen LogP) is 2.31. The van der Waals surface area contributed by atoms with Crippen molar-refractivity contribution in [2.24, 2.45) is 0 Å². The number of thiazole rings is 1. The average Bonchev–Trinajstić information content (AvgIpc) is 2.51. The number of nitrogens with one attached hydrogen (secondary N) is 1. The summed E-state index contributed by atoms with van der Waals surface area (Å²) in [4.78, 5) is 5.67. The van der Waals surface area contributed by atoms with Crippen molar-refractivity contribution >= 4 is 11.3 Å². The molecule has 1 unspecified atom stereocenters. The summed E-state index contributed by atoms with van der Waals surface area (Å²) in [6, 6.07) is 0.328. The molecule has 1 rings (SSSR count). The van der Waals surface area contributed by atoms with E-state index < -0.39 is 0 Å². The van der Waals surface area contributed by atoms with Gasteiger partial charge in [-0.2, -0.15) is 0 Å². The van der Waals surface area contributed by atoms with Gasteiger partial charge < -0.3 is 10.1 Å². The molecule has 0 aromatic carbocycles. The Hall–Kier alpha value is -0.450. The minimum atomic E-state index is -0.0864. The summed E-state index contributed by atoms with van der Waals surface area (Å²) in [6.45, 7) is 9.21. The SMILES string of the molecule is COCC(C)NC(C)(C)c1ncc(C)s1. The minimum Gasteiger partial charge on any atom is -0.383 e. The first-order valence-electron chi connectivity index (χ1n) is 5.15. The van der Waals surface area contributed by atoms with Crippen LogP contribution in [0.3, 0.4) is 0 Å². The summed E-state index contributed by atoms with van der Waals surface area (Å²) in [5, 5.41) is 4.64. The lowest BCUT2D eigenvalue weighted by atomic mass is 10.1. The van der Waals surface area contributed by atoms with Crippen LogP contribution < -0.4 is 5.32 Å². The molecule has 1 N–H and O–H groups in total. The van der Waals surface area contributed by atoms with Crippen LogP contribution in [0.5, 0.6) is 0 Å². The van der Waals surface area contributed by atoms with Crippen molar-refractivity contribution in [3.05, 3.63) is 16.1 Å². The molecule has 0 spiro atoms. The zero-order valence-corrected chi connectivity index (χ0v) is 10.9. The number of aromatic nitrogens is 1. The number of ether oxygens (including phenoxy) is 1. The number of hydrogen-bond acceptors (Lipinski definition) is 4. The Labute approximate surface area is 95.9 Å². The molecule has 1 atom stereocenters. The molecule has 1 heterocycles. The summed E-state index contributed by atoms with van der Waals surface area (Å²) in [5.74, 6) is 0. The van der Waals surface area contributed by atoms with Gasteiger partial charge in [-0.15, -0.1) is 11.3 Å². The van der Waals surface area contributed by atoms with Crippen LogP contribution in [0.4, 0.5) is 0 Å². The molecule has 0 aliphatic heterocycles. The summed E-state index contributed by atoms with van der Waals surface area (Å²) in [5.41, 5.74) is -0.0864. The van der Waals surface area contributed by atoms with E-state index in [9.17, 15) is 0 Å². The second kappa shape index (κ2) is 5.05. The Morgan fingerprint density at radius 2 is 2.27 bits per heavy atom. The Morgan fingerprint density at radius 3 is 2.73 bits per heavy atom. The predicted molar refractivity (Wildman–Crippen MR) is 64.4 cm³/mol. The largest absolute Gasteiger partial charge is 0.383 e. The summed E-state index contributed by atoms with van der Waals surface area (Å²) >= 11 is 1.74. The molecule has 4 heteroatoms. The first-order valence-corrected chi connectivity index (χ1v) is 5.97. The van der Waals surface area contributed by atoms with E-state index in [1.807, 2.05) is 6.20 Å². The molecule has 0 radical (unpaired) electrons. The zero-order valence-electron chi connectivity index (χ0n) is 10.1. The highest BCUT2D eigenvalue weighted by atomic mass is 32.1. The second-order valence-corrected chi connectivity index (χ2v) is 5.64. The first-order chi connectivity index (χ1) is 6.95. The molecule has 1 aromatic rings. The number of rotatable bonds is 5. The zero-order chi connectivity index (χ0) is 11.5. The topological polar surface area (TPSA) is 34.1 Å². The van der Waals surface area contributed by atoms with Crippen LogP contribution in [0.1, 0.15) is 30.7 Å². The van der Waals surface area contributed by atoms with Crippen LogP contribution in [0.2, 0.25) is 0 Å². The molecule has 1 aromatic heterocycles. The molecule has 0 fully saturated rings. The Morgan fingerprint density at radius 1 is 1.60 bits per heavy atom. The molecule has 0 aliphatic rings. The number of nitrogens with zero attached hydrogens (tertiary/aromatic N) is 1. The normalized spacial score (nSPS) is 14.2. The van der Waals surface area contributed by atoms with Crippen LogP contribution in [0.15, 0.2) is 6.20 Å². The molecule has 86 valence electrons. The van der Waals surface area contributed by atoms with E-state index in [1.165, 1.54) is 4.88 Å². The van der Waals surface area contributed by atoms with Gasteiger partial charge in [-0.3, -0.25) is 0 Å². The highest BCUT2D eigenvalue weighted by molar-refractivity contribution is 7.11. The molecular weight excluding hydrogens is 208 g/mol. The van der Waals surface area contributed by atoms with Gasteiger partial charge in [-0.25, -0.2) is 4.98 Å². The number of aryl methyl sites for hydroxylation is 1. The maximum absolute atomic E-state index is 5.11. The van der Waals surface area contributed by atoms with Crippen LogP contribution in [0.25, 0.3) is 0 Å². The van der Waals surface area contributed by atoms with E-state index in [2.05, 4.69) is 38.0 Å². The van der Waals surface area contributed by atoms with Gasteiger partial charge in [0, 0.05) is 24.2 Å². The van der Waals surface area contributed by atoms with Gasteiger partial charge in [-0.05, 0) is 27.7 Å². The van der Waals surface area contributed by atoms with Crippen molar-refractivity contribution in [2.45, 2.75) is 39.3 Å². The lowest BCUT2D eigenvalue weighted by molar-refractivity contribution is 0.156. The van der Waals surface area contributed by atoms with E-state index in [4.69, 9.17) is 4.74 Å². The lowest BCUT2D eigenvalue weighted by Crippen LogP contribution is -2.44. The third kappa shape index (κ3) is 3.55. The van der Waals surface area contributed by atoms with Gasteiger partial charge in [0.15, 0.2) is 0 Å². The van der Waals surface area contributed by atoms with Crippen LogP contribution in [0, 0.1) is 6.92 Å². The van der Waals surface area contributed by atoms with E-state index in [-0.39, 0.29) is 5.54 Å². The molecule has 0 saturated carbocycles. The molecule has 0 bridgehead atoms. The minimum absolute atomic E-state index is 0.0864. The maximum atomic E-state index is 5.11. The summed E-state index contributed by atoms with van der Waals surface area (Å²) in [7, 11) is 1.72. The Balaban J connectivity index is 2.66. The molecular formula is C11H20N2OS. The fourth-order valence-corrected chi connectivity index (χ4v) is 2.44. The van der Waals surface area contributed by atoms with Crippen molar-refractivity contribution in [1.29, 1.82) is 0 Å². The second-order valence-electron chi connectivity index (χ2n) is 4.40. The molecule has 15 heavy (non-hydrogen) atoms. The monoisotopic (exact) mass is 228 g/mol. The van der Waals surface area contributed by atoms with Gasteiger partial charge in [0.2, 0.25) is 0 Å². The van der Waals surface area contributed by atoms with E-state index >= 15 is 0 Å².